The van der Waals surface area contributed by atoms with Crippen LogP contribution in [0.25, 0.3) is 28.1 Å². The van der Waals surface area contributed by atoms with Crippen LogP contribution in [0.5, 0.6) is 0 Å². The van der Waals surface area contributed by atoms with Gasteiger partial charge in [0.1, 0.15) is 5.82 Å². The molecule has 168 valence electrons. The molecule has 0 aliphatic rings. The first-order chi connectivity index (χ1) is 16.5. The molecule has 0 unspecified atom stereocenters. The van der Waals surface area contributed by atoms with E-state index in [-0.39, 0.29) is 24.7 Å². The van der Waals surface area contributed by atoms with Crippen molar-refractivity contribution in [2.24, 2.45) is 0 Å². The first-order valence-corrected chi connectivity index (χ1v) is 10.8. The van der Waals surface area contributed by atoms with Crippen molar-refractivity contribution in [3.8, 4) is 17.1 Å². The second-order valence-electron chi connectivity index (χ2n) is 7.91. The molecule has 3 heterocycles. The molecule has 0 bridgehead atoms. The number of pyridine rings is 1. The molecule has 2 aromatic carbocycles. The number of carbonyl (C=O) groups excluding carboxylic acids is 1. The van der Waals surface area contributed by atoms with Gasteiger partial charge in [0.25, 0.3) is 0 Å². The normalized spacial score (nSPS) is 11.0. The van der Waals surface area contributed by atoms with E-state index in [4.69, 9.17) is 0 Å². The third-order valence-electron chi connectivity index (χ3n) is 5.34. The first kappa shape index (κ1) is 21.4. The van der Waals surface area contributed by atoms with Gasteiger partial charge in [0.15, 0.2) is 5.82 Å². The summed E-state index contributed by atoms with van der Waals surface area (Å²) in [4.78, 5) is 25.9. The van der Waals surface area contributed by atoms with E-state index in [1.807, 2.05) is 49.4 Å². The quantitative estimate of drug-likeness (QED) is 0.418. The fourth-order valence-electron chi connectivity index (χ4n) is 3.74. The number of hydrogen-bond acceptors (Lipinski definition) is 5. The van der Waals surface area contributed by atoms with Crippen LogP contribution in [0, 0.1) is 12.7 Å². The molecule has 7 nitrogen and oxygen atoms in total. The highest BCUT2D eigenvalue weighted by molar-refractivity contribution is 5.82. The number of fused-ring (bicyclic) bond motifs is 1. The monoisotopic (exact) mass is 452 g/mol. The first-order valence-electron chi connectivity index (χ1n) is 10.8. The molecular weight excluding hydrogens is 431 g/mol. The minimum absolute atomic E-state index is 0.0779. The van der Waals surface area contributed by atoms with Crippen molar-refractivity contribution >= 4 is 16.9 Å². The average molecular weight is 452 g/mol. The SMILES string of the molecule is Cc1cccc(-n2nc(CC(=O)NCc3cccc(F)c3)cc2-c2ccc3nccnc3c2)n1. The van der Waals surface area contributed by atoms with E-state index in [1.165, 1.54) is 12.1 Å². The largest absolute Gasteiger partial charge is 0.352 e. The van der Waals surface area contributed by atoms with Crippen molar-refractivity contribution in [1.82, 2.24) is 30.0 Å². The molecule has 0 radical (unpaired) electrons. The average Bonchev–Trinajstić information content (AvgIpc) is 3.26. The predicted octanol–water partition coefficient (Wildman–Crippen LogP) is 4.18. The van der Waals surface area contributed by atoms with Gasteiger partial charge in [0.2, 0.25) is 5.91 Å². The maximum absolute atomic E-state index is 13.4. The number of amides is 1. The van der Waals surface area contributed by atoms with Gasteiger partial charge in [-0.3, -0.25) is 14.8 Å². The molecule has 0 spiro atoms. The number of halogens is 1. The van der Waals surface area contributed by atoms with E-state index < -0.39 is 0 Å². The van der Waals surface area contributed by atoms with Gasteiger partial charge in [-0.05, 0) is 55.0 Å². The Morgan fingerprint density at radius 3 is 2.62 bits per heavy atom. The summed E-state index contributed by atoms with van der Waals surface area (Å²) in [6, 6.07) is 19.5. The summed E-state index contributed by atoms with van der Waals surface area (Å²) in [6.45, 7) is 2.16. The smallest absolute Gasteiger partial charge is 0.226 e. The third-order valence-corrected chi connectivity index (χ3v) is 5.34. The number of nitrogens with one attached hydrogen (secondary N) is 1. The van der Waals surface area contributed by atoms with Crippen LogP contribution in [0.3, 0.4) is 0 Å². The van der Waals surface area contributed by atoms with Gasteiger partial charge < -0.3 is 5.32 Å². The Bertz CT molecular complexity index is 1500. The lowest BCUT2D eigenvalue weighted by atomic mass is 10.1. The lowest BCUT2D eigenvalue weighted by Crippen LogP contribution is -2.24. The molecule has 1 N–H and O–H groups in total. The fourth-order valence-corrected chi connectivity index (χ4v) is 3.74. The van der Waals surface area contributed by atoms with Crippen molar-refractivity contribution < 1.29 is 9.18 Å². The van der Waals surface area contributed by atoms with Gasteiger partial charge in [-0.1, -0.05) is 24.3 Å². The van der Waals surface area contributed by atoms with E-state index >= 15 is 0 Å². The standard InChI is InChI=1S/C26H21FN6O/c1-17-4-2-7-25(31-17)33-24(19-8-9-22-23(13-19)29-11-10-28-22)14-21(32-33)15-26(34)30-16-18-5-3-6-20(27)12-18/h2-14H,15-16H2,1H3,(H,30,34). The van der Waals surface area contributed by atoms with Crippen LogP contribution in [0.4, 0.5) is 4.39 Å². The number of carbonyl (C=O) groups is 1. The summed E-state index contributed by atoms with van der Waals surface area (Å²) in [5.74, 6) is 0.114. The summed E-state index contributed by atoms with van der Waals surface area (Å²) >= 11 is 0. The van der Waals surface area contributed by atoms with Crippen molar-refractivity contribution in [2.75, 3.05) is 0 Å². The molecule has 0 saturated heterocycles. The second-order valence-corrected chi connectivity index (χ2v) is 7.91. The number of aromatic nitrogens is 5. The van der Waals surface area contributed by atoms with Crippen LogP contribution in [0.1, 0.15) is 17.0 Å². The highest BCUT2D eigenvalue weighted by Gasteiger charge is 2.16. The molecule has 34 heavy (non-hydrogen) atoms. The zero-order valence-corrected chi connectivity index (χ0v) is 18.4. The van der Waals surface area contributed by atoms with Crippen LogP contribution in [-0.4, -0.2) is 30.6 Å². The Morgan fingerprint density at radius 2 is 1.79 bits per heavy atom. The summed E-state index contributed by atoms with van der Waals surface area (Å²) < 4.78 is 15.1. The second kappa shape index (κ2) is 9.19. The van der Waals surface area contributed by atoms with Crippen molar-refractivity contribution in [3.05, 3.63) is 102 Å². The number of aryl methyl sites for hydroxylation is 1. The van der Waals surface area contributed by atoms with Crippen LogP contribution in [0.15, 0.2) is 79.1 Å². The van der Waals surface area contributed by atoms with E-state index in [0.717, 1.165) is 28.0 Å². The highest BCUT2D eigenvalue weighted by Crippen LogP contribution is 2.26. The molecular formula is C26H21FN6O. The van der Waals surface area contributed by atoms with Crippen LogP contribution in [0.2, 0.25) is 0 Å². The minimum Gasteiger partial charge on any atom is -0.352 e. The minimum atomic E-state index is -0.333. The molecule has 0 fully saturated rings. The summed E-state index contributed by atoms with van der Waals surface area (Å²) in [5.41, 5.74) is 5.38. The topological polar surface area (TPSA) is 85.6 Å². The molecule has 8 heteroatoms. The Hall–Kier alpha value is -4.46. The zero-order chi connectivity index (χ0) is 23.5. The number of rotatable bonds is 6. The predicted molar refractivity (Wildman–Crippen MR) is 127 cm³/mol. The molecule has 5 aromatic rings. The lowest BCUT2D eigenvalue weighted by molar-refractivity contribution is -0.120. The van der Waals surface area contributed by atoms with E-state index in [1.54, 1.807) is 29.2 Å². The highest BCUT2D eigenvalue weighted by atomic mass is 19.1. The lowest BCUT2D eigenvalue weighted by Gasteiger charge is -2.08. The van der Waals surface area contributed by atoms with Crippen molar-refractivity contribution in [1.29, 1.82) is 0 Å². The maximum Gasteiger partial charge on any atom is 0.226 e. The fraction of sp³-hybridized carbons (Fsp3) is 0.115. The van der Waals surface area contributed by atoms with Gasteiger partial charge in [0.05, 0.1) is 28.8 Å². The van der Waals surface area contributed by atoms with E-state index in [2.05, 4.69) is 25.4 Å². The van der Waals surface area contributed by atoms with E-state index in [9.17, 15) is 9.18 Å². The Morgan fingerprint density at radius 1 is 0.971 bits per heavy atom. The number of benzene rings is 2. The molecule has 1 amide bonds. The number of hydrogen-bond donors (Lipinski definition) is 1. The Kier molecular flexibility index (Phi) is 5.78. The zero-order valence-electron chi connectivity index (χ0n) is 18.4. The van der Waals surface area contributed by atoms with Gasteiger partial charge >= 0.3 is 0 Å². The maximum atomic E-state index is 13.4. The van der Waals surface area contributed by atoms with E-state index in [0.29, 0.717) is 17.1 Å². The molecule has 0 aliphatic heterocycles. The number of nitrogens with zero attached hydrogens (tertiary/aromatic N) is 5. The summed E-state index contributed by atoms with van der Waals surface area (Å²) in [7, 11) is 0. The van der Waals surface area contributed by atoms with Gasteiger partial charge in [-0.15, -0.1) is 0 Å². The Balaban J connectivity index is 1.45. The van der Waals surface area contributed by atoms with Crippen LogP contribution in [-0.2, 0) is 17.8 Å². The van der Waals surface area contributed by atoms with Crippen LogP contribution >= 0.6 is 0 Å². The summed E-state index contributed by atoms with van der Waals surface area (Å²) in [6.07, 6.45) is 3.39. The van der Waals surface area contributed by atoms with Crippen molar-refractivity contribution in [3.63, 3.8) is 0 Å². The third kappa shape index (κ3) is 4.66. The molecule has 0 saturated carbocycles. The molecule has 0 atom stereocenters. The van der Waals surface area contributed by atoms with Gasteiger partial charge in [-0.2, -0.15) is 5.10 Å². The molecule has 3 aromatic heterocycles. The van der Waals surface area contributed by atoms with Crippen LogP contribution < -0.4 is 5.32 Å². The van der Waals surface area contributed by atoms with Gasteiger partial charge in [0, 0.05) is 30.2 Å². The van der Waals surface area contributed by atoms with Crippen molar-refractivity contribution in [2.45, 2.75) is 19.9 Å². The molecule has 5 rings (SSSR count). The molecule has 0 aliphatic carbocycles. The van der Waals surface area contributed by atoms with Gasteiger partial charge in [-0.25, -0.2) is 14.1 Å². The summed E-state index contributed by atoms with van der Waals surface area (Å²) in [5, 5.41) is 7.51. The Labute approximate surface area is 195 Å².